The van der Waals surface area contributed by atoms with Gasteiger partial charge in [-0.3, -0.25) is 14.8 Å². The van der Waals surface area contributed by atoms with Crippen LogP contribution in [0.25, 0.3) is 11.3 Å². The van der Waals surface area contributed by atoms with Crippen LogP contribution in [0.3, 0.4) is 0 Å². The molecule has 7 nitrogen and oxygen atoms in total. The number of amides is 1. The van der Waals surface area contributed by atoms with Crippen molar-refractivity contribution < 1.29 is 13.9 Å². The number of hydrogen-bond donors (Lipinski definition) is 0. The highest BCUT2D eigenvalue weighted by Gasteiger charge is 2.09. The lowest BCUT2D eigenvalue weighted by atomic mass is 10.1. The van der Waals surface area contributed by atoms with Gasteiger partial charge in [0.25, 0.3) is 0 Å². The van der Waals surface area contributed by atoms with Gasteiger partial charge in [0, 0.05) is 39.7 Å². The van der Waals surface area contributed by atoms with Crippen LogP contribution in [0.5, 0.6) is 11.6 Å². The molecule has 0 radical (unpaired) electrons. The Kier molecular flexibility index (Phi) is 6.33. The third-order valence-electron chi connectivity index (χ3n) is 4.40. The molecule has 1 amide bonds. The van der Waals surface area contributed by atoms with Gasteiger partial charge in [0.05, 0.1) is 24.3 Å². The molecular formula is C21H22FN5O2. The van der Waals surface area contributed by atoms with E-state index >= 15 is 0 Å². The average Bonchev–Trinajstić information content (AvgIpc) is 2.73. The predicted octanol–water partition coefficient (Wildman–Crippen LogP) is 3.38. The van der Waals surface area contributed by atoms with E-state index in [2.05, 4.69) is 15.0 Å². The molecule has 1 aromatic carbocycles. The Morgan fingerprint density at radius 3 is 2.45 bits per heavy atom. The second-order valence-electron chi connectivity index (χ2n) is 6.57. The number of pyridine rings is 1. The second kappa shape index (κ2) is 9.09. The molecule has 2 aromatic heterocycles. The Labute approximate surface area is 168 Å². The first kappa shape index (κ1) is 20.2. The zero-order chi connectivity index (χ0) is 20.8. The summed E-state index contributed by atoms with van der Waals surface area (Å²) in [4.78, 5) is 27.6. The van der Waals surface area contributed by atoms with Crippen LogP contribution in [0.2, 0.25) is 0 Å². The summed E-state index contributed by atoms with van der Waals surface area (Å²) in [6, 6.07) is 10.3. The van der Waals surface area contributed by atoms with Crippen LogP contribution in [0.1, 0.15) is 6.92 Å². The first-order valence-corrected chi connectivity index (χ1v) is 9.07. The maximum absolute atomic E-state index is 13.0. The smallest absolute Gasteiger partial charge is 0.239 e. The Balaban J connectivity index is 1.65. The third-order valence-corrected chi connectivity index (χ3v) is 4.40. The predicted molar refractivity (Wildman–Crippen MR) is 108 cm³/mol. The minimum Gasteiger partial charge on any atom is -0.437 e. The number of likely N-dealkylation sites (N-methyl/N-ethyl adjacent to an activating group) is 2. The first-order valence-electron chi connectivity index (χ1n) is 9.07. The number of ether oxygens (including phenoxy) is 1. The maximum atomic E-state index is 13.0. The van der Waals surface area contributed by atoms with Gasteiger partial charge < -0.3 is 14.5 Å². The fourth-order valence-corrected chi connectivity index (χ4v) is 2.50. The molecular weight excluding hydrogens is 373 g/mol. The van der Waals surface area contributed by atoms with Gasteiger partial charge in [0.1, 0.15) is 11.6 Å². The Bertz CT molecular complexity index is 964. The quantitative estimate of drug-likeness (QED) is 0.611. The Morgan fingerprint density at radius 2 is 1.79 bits per heavy atom. The van der Waals surface area contributed by atoms with Gasteiger partial charge in [0.2, 0.25) is 11.8 Å². The third kappa shape index (κ3) is 5.47. The lowest BCUT2D eigenvalue weighted by molar-refractivity contribution is -0.127. The molecule has 0 N–H and O–H groups in total. The molecule has 3 aromatic rings. The van der Waals surface area contributed by atoms with E-state index in [9.17, 15) is 9.18 Å². The summed E-state index contributed by atoms with van der Waals surface area (Å²) >= 11 is 0. The van der Waals surface area contributed by atoms with Gasteiger partial charge in [-0.2, -0.15) is 4.98 Å². The highest BCUT2D eigenvalue weighted by atomic mass is 19.1. The first-order chi connectivity index (χ1) is 13.9. The highest BCUT2D eigenvalue weighted by molar-refractivity contribution is 5.72. The summed E-state index contributed by atoms with van der Waals surface area (Å²) in [7, 11) is 3.64. The molecule has 0 aliphatic rings. The monoisotopic (exact) mass is 395 g/mol. The molecule has 0 fully saturated rings. The van der Waals surface area contributed by atoms with E-state index in [1.165, 1.54) is 25.4 Å². The molecule has 0 aliphatic heterocycles. The number of hydrogen-bond acceptors (Lipinski definition) is 6. The topological polar surface area (TPSA) is 71.5 Å². The van der Waals surface area contributed by atoms with Crippen molar-refractivity contribution in [3.63, 3.8) is 0 Å². The molecule has 2 heterocycles. The fourth-order valence-electron chi connectivity index (χ4n) is 2.50. The molecule has 0 saturated carbocycles. The summed E-state index contributed by atoms with van der Waals surface area (Å²) < 4.78 is 18.8. The molecule has 0 bridgehead atoms. The maximum Gasteiger partial charge on any atom is 0.239 e. The molecule has 0 unspecified atom stereocenters. The van der Waals surface area contributed by atoms with Crippen LogP contribution in [0, 0.1) is 5.82 Å². The number of rotatable bonds is 7. The zero-order valence-electron chi connectivity index (χ0n) is 16.5. The van der Waals surface area contributed by atoms with Crippen molar-refractivity contribution in [2.45, 2.75) is 6.92 Å². The molecule has 0 atom stereocenters. The molecule has 0 aliphatic carbocycles. The van der Waals surface area contributed by atoms with E-state index in [0.717, 1.165) is 5.56 Å². The summed E-state index contributed by atoms with van der Waals surface area (Å²) in [5.41, 5.74) is 1.53. The number of benzene rings is 1. The van der Waals surface area contributed by atoms with Gasteiger partial charge in [-0.1, -0.05) is 0 Å². The molecule has 150 valence electrons. The SMILES string of the molecule is CC(=O)N(C)CCN(C)c1cncc(Oc2ccc(-c3ccc(F)cn3)cc2)n1. The summed E-state index contributed by atoms with van der Waals surface area (Å²) in [5.74, 6) is 1.25. The summed E-state index contributed by atoms with van der Waals surface area (Å²) in [5, 5.41) is 0. The number of carbonyl (C=O) groups is 1. The van der Waals surface area contributed by atoms with Gasteiger partial charge in [-0.25, -0.2) is 4.39 Å². The van der Waals surface area contributed by atoms with E-state index in [1.54, 1.807) is 36.3 Å². The standard InChI is InChI=1S/C21H22FN5O2/c1-15(28)26(2)10-11-27(3)20-13-23-14-21(25-20)29-18-7-4-16(5-8-18)19-9-6-17(22)12-24-19/h4-9,12-14H,10-11H2,1-3H3. The number of aromatic nitrogens is 3. The van der Waals surface area contributed by atoms with Crippen LogP contribution < -0.4 is 9.64 Å². The lowest BCUT2D eigenvalue weighted by Crippen LogP contribution is -2.33. The molecule has 0 spiro atoms. The molecule has 3 rings (SSSR count). The van der Waals surface area contributed by atoms with Gasteiger partial charge in [-0.15, -0.1) is 0 Å². The van der Waals surface area contributed by atoms with Gasteiger partial charge in [-0.05, 0) is 36.4 Å². The van der Waals surface area contributed by atoms with E-state index in [1.807, 2.05) is 24.1 Å². The number of nitrogens with zero attached hydrogens (tertiary/aromatic N) is 5. The van der Waals surface area contributed by atoms with Crippen molar-refractivity contribution in [3.8, 4) is 22.9 Å². The van der Waals surface area contributed by atoms with Crippen molar-refractivity contribution in [2.75, 3.05) is 32.1 Å². The average molecular weight is 395 g/mol. The number of carbonyl (C=O) groups excluding carboxylic acids is 1. The fraction of sp³-hybridized carbons (Fsp3) is 0.238. The summed E-state index contributed by atoms with van der Waals surface area (Å²) in [6.07, 6.45) is 4.36. The second-order valence-corrected chi connectivity index (χ2v) is 6.57. The Hall–Kier alpha value is -3.55. The van der Waals surface area contributed by atoms with Crippen molar-refractivity contribution in [1.29, 1.82) is 0 Å². The van der Waals surface area contributed by atoms with Crippen molar-refractivity contribution >= 4 is 11.7 Å². The minimum atomic E-state index is -0.370. The lowest BCUT2D eigenvalue weighted by Gasteiger charge is -2.22. The van der Waals surface area contributed by atoms with Crippen molar-refractivity contribution in [3.05, 3.63) is 60.8 Å². The van der Waals surface area contributed by atoms with Crippen LogP contribution in [-0.2, 0) is 4.79 Å². The van der Waals surface area contributed by atoms with Crippen LogP contribution in [-0.4, -0.2) is 52.9 Å². The number of anilines is 1. The van der Waals surface area contributed by atoms with Crippen molar-refractivity contribution in [2.24, 2.45) is 0 Å². The normalized spacial score (nSPS) is 10.5. The van der Waals surface area contributed by atoms with Crippen LogP contribution >= 0.6 is 0 Å². The van der Waals surface area contributed by atoms with Gasteiger partial charge >= 0.3 is 0 Å². The highest BCUT2D eigenvalue weighted by Crippen LogP contribution is 2.24. The van der Waals surface area contributed by atoms with Gasteiger partial charge in [0.15, 0.2) is 5.82 Å². The molecule has 29 heavy (non-hydrogen) atoms. The Morgan fingerprint density at radius 1 is 1.03 bits per heavy atom. The zero-order valence-corrected chi connectivity index (χ0v) is 16.5. The van der Waals surface area contributed by atoms with Crippen LogP contribution in [0.15, 0.2) is 55.0 Å². The molecule has 0 saturated heterocycles. The summed E-state index contributed by atoms with van der Waals surface area (Å²) in [6.45, 7) is 2.73. The minimum absolute atomic E-state index is 0.0147. The van der Waals surface area contributed by atoms with Crippen molar-refractivity contribution in [1.82, 2.24) is 19.9 Å². The van der Waals surface area contributed by atoms with Crippen LogP contribution in [0.4, 0.5) is 10.2 Å². The van der Waals surface area contributed by atoms with E-state index in [-0.39, 0.29) is 11.7 Å². The van der Waals surface area contributed by atoms with E-state index in [4.69, 9.17) is 4.74 Å². The number of halogens is 1. The molecule has 8 heteroatoms. The van der Waals surface area contributed by atoms with E-state index < -0.39 is 0 Å². The van der Waals surface area contributed by atoms with E-state index in [0.29, 0.717) is 36.2 Å². The largest absolute Gasteiger partial charge is 0.437 e.